The van der Waals surface area contributed by atoms with Crippen molar-refractivity contribution in [3.05, 3.63) is 30.3 Å². The van der Waals surface area contributed by atoms with E-state index in [2.05, 4.69) is 29.2 Å². The zero-order valence-electron chi connectivity index (χ0n) is 12.1. The van der Waals surface area contributed by atoms with Crippen LogP contribution in [0.1, 0.15) is 19.8 Å². The molecule has 0 N–H and O–H groups in total. The Hall–Kier alpha value is -1.00. The highest BCUT2D eigenvalue weighted by molar-refractivity contribution is 7.99. The lowest BCUT2D eigenvalue weighted by Gasteiger charge is -2.30. The molecule has 0 aromatic heterocycles. The van der Waals surface area contributed by atoms with Crippen molar-refractivity contribution < 1.29 is 9.53 Å². The van der Waals surface area contributed by atoms with Gasteiger partial charge in [0, 0.05) is 17.2 Å². The van der Waals surface area contributed by atoms with Gasteiger partial charge in [-0.25, -0.2) is 0 Å². The third kappa shape index (κ3) is 4.84. The minimum atomic E-state index is -0.00851. The predicted molar refractivity (Wildman–Crippen MR) is 83.0 cm³/mol. The summed E-state index contributed by atoms with van der Waals surface area (Å²) in [5.74, 6) is 1.22. The third-order valence-corrected chi connectivity index (χ3v) is 4.62. The highest BCUT2D eigenvalue weighted by Crippen LogP contribution is 2.21. The summed E-state index contributed by atoms with van der Waals surface area (Å²) in [6.45, 7) is 5.48. The zero-order chi connectivity index (χ0) is 14.2. The fourth-order valence-electron chi connectivity index (χ4n) is 2.46. The van der Waals surface area contributed by atoms with Crippen LogP contribution in [0, 0.1) is 5.92 Å². The number of benzene rings is 1. The van der Waals surface area contributed by atoms with Crippen LogP contribution in [0.5, 0.6) is 0 Å². The van der Waals surface area contributed by atoms with Gasteiger partial charge in [-0.1, -0.05) is 18.2 Å². The maximum absolute atomic E-state index is 11.7. The van der Waals surface area contributed by atoms with Crippen LogP contribution in [-0.2, 0) is 9.53 Å². The van der Waals surface area contributed by atoms with E-state index < -0.39 is 0 Å². The van der Waals surface area contributed by atoms with Gasteiger partial charge in [0.05, 0.1) is 12.5 Å². The quantitative estimate of drug-likeness (QED) is 0.595. The number of hydrogen-bond acceptors (Lipinski definition) is 4. The molecule has 0 amide bonds. The first-order chi connectivity index (χ1) is 9.79. The number of thioether (sulfide) groups is 1. The molecule has 0 spiro atoms. The van der Waals surface area contributed by atoms with Gasteiger partial charge in [-0.2, -0.15) is 0 Å². The number of ether oxygens (including phenoxy) is 1. The first-order valence-electron chi connectivity index (χ1n) is 7.36. The van der Waals surface area contributed by atoms with Gasteiger partial charge >= 0.3 is 5.97 Å². The molecule has 3 nitrogen and oxygen atoms in total. The SMILES string of the molecule is CCOC(=O)C1CCN(CCSc2ccccc2)CC1. The summed E-state index contributed by atoms with van der Waals surface area (Å²) >= 11 is 1.90. The lowest BCUT2D eigenvalue weighted by molar-refractivity contribution is -0.149. The molecule has 1 saturated heterocycles. The maximum atomic E-state index is 11.7. The Bertz CT molecular complexity index is 402. The lowest BCUT2D eigenvalue weighted by Crippen LogP contribution is -2.38. The van der Waals surface area contributed by atoms with Crippen LogP contribution in [0.25, 0.3) is 0 Å². The van der Waals surface area contributed by atoms with Crippen molar-refractivity contribution in [1.29, 1.82) is 0 Å². The molecule has 0 atom stereocenters. The molecule has 1 heterocycles. The number of rotatable bonds is 6. The minimum absolute atomic E-state index is 0.00851. The van der Waals surface area contributed by atoms with Crippen molar-refractivity contribution in [2.45, 2.75) is 24.7 Å². The number of likely N-dealkylation sites (tertiary alicyclic amines) is 1. The maximum Gasteiger partial charge on any atom is 0.309 e. The number of carbonyl (C=O) groups excluding carboxylic acids is 1. The van der Waals surface area contributed by atoms with Crippen LogP contribution in [0.2, 0.25) is 0 Å². The topological polar surface area (TPSA) is 29.5 Å². The van der Waals surface area contributed by atoms with Crippen molar-refractivity contribution in [2.75, 3.05) is 32.0 Å². The molecule has 0 saturated carbocycles. The van der Waals surface area contributed by atoms with E-state index in [4.69, 9.17) is 4.74 Å². The Kier molecular flexibility index (Phi) is 6.40. The fourth-order valence-corrected chi connectivity index (χ4v) is 3.40. The summed E-state index contributed by atoms with van der Waals surface area (Å²) in [7, 11) is 0. The van der Waals surface area contributed by atoms with Crippen molar-refractivity contribution in [1.82, 2.24) is 4.90 Å². The smallest absolute Gasteiger partial charge is 0.309 e. The molecule has 0 bridgehead atoms. The number of nitrogens with zero attached hydrogens (tertiary/aromatic N) is 1. The van der Waals surface area contributed by atoms with Gasteiger partial charge in [0.2, 0.25) is 0 Å². The Labute approximate surface area is 125 Å². The van der Waals surface area contributed by atoms with Crippen molar-refractivity contribution in [3.63, 3.8) is 0 Å². The van der Waals surface area contributed by atoms with Gasteiger partial charge in [-0.3, -0.25) is 4.79 Å². The highest BCUT2D eigenvalue weighted by atomic mass is 32.2. The monoisotopic (exact) mass is 293 g/mol. The summed E-state index contributed by atoms with van der Waals surface area (Å²) in [5.41, 5.74) is 0. The van der Waals surface area contributed by atoms with Gasteiger partial charge in [-0.15, -0.1) is 11.8 Å². The molecule has 1 aliphatic rings. The van der Waals surface area contributed by atoms with E-state index in [1.165, 1.54) is 4.90 Å². The molecule has 0 radical (unpaired) electrons. The first kappa shape index (κ1) is 15.4. The van der Waals surface area contributed by atoms with E-state index in [1.807, 2.05) is 24.8 Å². The molecule has 2 rings (SSSR count). The van der Waals surface area contributed by atoms with Gasteiger partial charge in [0.1, 0.15) is 0 Å². The summed E-state index contributed by atoms with van der Waals surface area (Å²) in [5, 5.41) is 0. The number of carbonyl (C=O) groups is 1. The second-order valence-corrected chi connectivity index (χ2v) is 6.20. The Morgan fingerprint density at radius 1 is 1.30 bits per heavy atom. The van der Waals surface area contributed by atoms with Crippen LogP contribution < -0.4 is 0 Å². The van der Waals surface area contributed by atoms with Crippen LogP contribution in [0.4, 0.5) is 0 Å². The fraction of sp³-hybridized carbons (Fsp3) is 0.562. The Morgan fingerprint density at radius 3 is 2.65 bits per heavy atom. The van der Waals surface area contributed by atoms with E-state index >= 15 is 0 Å². The van der Waals surface area contributed by atoms with E-state index in [9.17, 15) is 4.79 Å². The van der Waals surface area contributed by atoms with E-state index in [0.717, 1.165) is 38.2 Å². The van der Waals surface area contributed by atoms with Gasteiger partial charge in [-0.05, 0) is 45.0 Å². The lowest BCUT2D eigenvalue weighted by atomic mass is 9.97. The Morgan fingerprint density at radius 2 is 2.00 bits per heavy atom. The van der Waals surface area contributed by atoms with Gasteiger partial charge in [0.15, 0.2) is 0 Å². The molecular formula is C16H23NO2S. The highest BCUT2D eigenvalue weighted by Gasteiger charge is 2.25. The molecule has 1 aromatic carbocycles. The van der Waals surface area contributed by atoms with E-state index in [0.29, 0.717) is 6.61 Å². The van der Waals surface area contributed by atoms with Gasteiger partial charge < -0.3 is 9.64 Å². The van der Waals surface area contributed by atoms with Crippen LogP contribution in [0.3, 0.4) is 0 Å². The van der Waals surface area contributed by atoms with Crippen LogP contribution in [-0.4, -0.2) is 42.9 Å². The average molecular weight is 293 g/mol. The Balaban J connectivity index is 1.63. The molecule has 110 valence electrons. The first-order valence-corrected chi connectivity index (χ1v) is 8.35. The summed E-state index contributed by atoms with van der Waals surface area (Å²) in [6, 6.07) is 10.5. The van der Waals surface area contributed by atoms with Crippen molar-refractivity contribution in [2.24, 2.45) is 5.92 Å². The second kappa shape index (κ2) is 8.32. The molecule has 1 aliphatic heterocycles. The number of hydrogen-bond donors (Lipinski definition) is 0. The summed E-state index contributed by atoms with van der Waals surface area (Å²) in [6.07, 6.45) is 1.88. The second-order valence-electron chi connectivity index (χ2n) is 5.03. The number of esters is 1. The molecule has 4 heteroatoms. The molecule has 0 unspecified atom stereocenters. The molecule has 1 fully saturated rings. The molecule has 20 heavy (non-hydrogen) atoms. The average Bonchev–Trinajstić information content (AvgIpc) is 2.49. The number of piperidine rings is 1. The molecular weight excluding hydrogens is 270 g/mol. The molecule has 0 aliphatic carbocycles. The molecule has 1 aromatic rings. The standard InChI is InChI=1S/C16H23NO2S/c1-2-19-16(18)14-8-10-17(11-9-14)12-13-20-15-6-4-3-5-7-15/h3-7,14H,2,8-13H2,1H3. The van der Waals surface area contributed by atoms with E-state index in [-0.39, 0.29) is 11.9 Å². The zero-order valence-corrected chi connectivity index (χ0v) is 12.9. The summed E-state index contributed by atoms with van der Waals surface area (Å²) in [4.78, 5) is 15.4. The minimum Gasteiger partial charge on any atom is -0.466 e. The summed E-state index contributed by atoms with van der Waals surface area (Å²) < 4.78 is 5.09. The third-order valence-electron chi connectivity index (χ3n) is 3.63. The normalized spacial score (nSPS) is 17.1. The predicted octanol–water partition coefficient (Wildman–Crippen LogP) is 3.05. The van der Waals surface area contributed by atoms with E-state index in [1.54, 1.807) is 0 Å². The van der Waals surface area contributed by atoms with Crippen molar-refractivity contribution >= 4 is 17.7 Å². The van der Waals surface area contributed by atoms with Crippen LogP contribution >= 0.6 is 11.8 Å². The van der Waals surface area contributed by atoms with Gasteiger partial charge in [0.25, 0.3) is 0 Å². The van der Waals surface area contributed by atoms with Crippen molar-refractivity contribution in [3.8, 4) is 0 Å². The largest absolute Gasteiger partial charge is 0.466 e. The van der Waals surface area contributed by atoms with Crippen LogP contribution in [0.15, 0.2) is 35.2 Å².